The fraction of sp³-hybridized carbons (Fsp3) is 0.417. The highest BCUT2D eigenvalue weighted by Gasteiger charge is 2.51. The number of aliphatic carboxylic acids is 1. The minimum atomic E-state index is -0.887. The quantitative estimate of drug-likeness (QED) is 0.186. The maximum absolute atomic E-state index is 13.6. The van der Waals surface area contributed by atoms with Gasteiger partial charge in [-0.05, 0) is 86.3 Å². The highest BCUT2D eigenvalue weighted by atomic mass is 16.4. The number of aromatic nitrogens is 1. The smallest absolute Gasteiger partial charge is 0.317 e. The Morgan fingerprint density at radius 1 is 0.979 bits per heavy atom. The molecule has 3 aromatic rings. The van der Waals surface area contributed by atoms with E-state index in [0.717, 1.165) is 40.7 Å². The van der Waals surface area contributed by atoms with Gasteiger partial charge in [0.2, 0.25) is 17.7 Å². The molecule has 1 aromatic heterocycles. The van der Waals surface area contributed by atoms with Crippen molar-refractivity contribution in [3.63, 3.8) is 0 Å². The molecule has 3 amide bonds. The van der Waals surface area contributed by atoms with Crippen LogP contribution >= 0.6 is 0 Å². The van der Waals surface area contributed by atoms with Crippen molar-refractivity contribution in [2.45, 2.75) is 64.0 Å². The van der Waals surface area contributed by atoms with Gasteiger partial charge in [-0.2, -0.15) is 0 Å². The van der Waals surface area contributed by atoms with E-state index in [2.05, 4.69) is 27.9 Å². The third-order valence-corrected chi connectivity index (χ3v) is 9.05. The van der Waals surface area contributed by atoms with E-state index in [4.69, 9.17) is 0 Å². The van der Waals surface area contributed by atoms with Crippen LogP contribution in [0.1, 0.15) is 60.4 Å². The number of carbonyl (C=O) groups excluding carboxylic acids is 3. The third-order valence-electron chi connectivity index (χ3n) is 9.05. The minimum absolute atomic E-state index is 0.0582. The number of benzene rings is 2. The van der Waals surface area contributed by atoms with Gasteiger partial charge < -0.3 is 26.0 Å². The van der Waals surface area contributed by atoms with Crippen molar-refractivity contribution >= 4 is 35.2 Å². The molecular weight excluding hydrogens is 596 g/mol. The zero-order chi connectivity index (χ0) is 33.4. The second-order valence-corrected chi connectivity index (χ2v) is 12.5. The van der Waals surface area contributed by atoms with Crippen LogP contribution in [0.5, 0.6) is 0 Å². The fourth-order valence-corrected chi connectivity index (χ4v) is 6.69. The molecule has 1 unspecified atom stereocenters. The lowest BCUT2D eigenvalue weighted by Crippen LogP contribution is -2.38. The van der Waals surface area contributed by atoms with Gasteiger partial charge in [0.15, 0.2) is 0 Å². The van der Waals surface area contributed by atoms with Crippen LogP contribution < -0.4 is 16.0 Å². The Bertz CT molecular complexity index is 1630. The summed E-state index contributed by atoms with van der Waals surface area (Å²) in [7, 11) is 1.86. The van der Waals surface area contributed by atoms with Crippen molar-refractivity contribution in [3.05, 3.63) is 88.6 Å². The minimum Gasteiger partial charge on any atom is -0.480 e. The van der Waals surface area contributed by atoms with Crippen LogP contribution in [0, 0.1) is 0 Å². The van der Waals surface area contributed by atoms with E-state index in [1.165, 1.54) is 0 Å². The zero-order valence-electron chi connectivity index (χ0n) is 27.2. The molecule has 2 heterocycles. The molecule has 0 bridgehead atoms. The summed E-state index contributed by atoms with van der Waals surface area (Å²) in [6, 6.07) is 17.4. The summed E-state index contributed by atoms with van der Waals surface area (Å²) in [4.78, 5) is 59.3. The lowest BCUT2D eigenvalue weighted by molar-refractivity contribution is -0.138. The maximum atomic E-state index is 13.6. The molecule has 0 fully saturated rings. The predicted molar refractivity (Wildman–Crippen MR) is 180 cm³/mol. The Morgan fingerprint density at radius 3 is 2.51 bits per heavy atom. The van der Waals surface area contributed by atoms with Crippen LogP contribution in [0.15, 0.2) is 60.8 Å². The van der Waals surface area contributed by atoms with Crippen molar-refractivity contribution < 1.29 is 24.3 Å². The molecule has 1 spiro atoms. The van der Waals surface area contributed by atoms with E-state index >= 15 is 0 Å². The number of rotatable bonds is 16. The average molecular weight is 641 g/mol. The third kappa shape index (κ3) is 8.04. The first-order valence-electron chi connectivity index (χ1n) is 16.3. The van der Waals surface area contributed by atoms with Crippen LogP contribution in [0.25, 0.3) is 0 Å². The number of hydrogen-bond acceptors (Lipinski definition) is 7. The number of hydrogen-bond donors (Lipinski definition) is 4. The van der Waals surface area contributed by atoms with Gasteiger partial charge in [0.05, 0.1) is 12.0 Å². The van der Waals surface area contributed by atoms with Gasteiger partial charge in [0.1, 0.15) is 12.4 Å². The molecule has 0 saturated carbocycles. The molecule has 248 valence electrons. The topological polar surface area (TPSA) is 144 Å². The molecule has 0 radical (unpaired) electrons. The maximum Gasteiger partial charge on any atom is 0.317 e. The molecule has 47 heavy (non-hydrogen) atoms. The zero-order valence-corrected chi connectivity index (χ0v) is 27.2. The monoisotopic (exact) mass is 640 g/mol. The van der Waals surface area contributed by atoms with Crippen molar-refractivity contribution in [2.75, 3.05) is 43.9 Å². The number of carbonyl (C=O) groups is 4. The lowest BCUT2D eigenvalue weighted by atomic mass is 9.79. The fourth-order valence-electron chi connectivity index (χ4n) is 6.69. The number of unbranched alkanes of at least 4 members (excludes halogenated alkanes) is 1. The number of nitrogens with one attached hydrogen (secondary N) is 3. The molecule has 0 saturated heterocycles. The second-order valence-electron chi connectivity index (χ2n) is 12.5. The molecule has 11 nitrogen and oxygen atoms in total. The molecule has 1 atom stereocenters. The highest BCUT2D eigenvalue weighted by Crippen LogP contribution is 2.46. The van der Waals surface area contributed by atoms with E-state index < -0.39 is 11.4 Å². The van der Waals surface area contributed by atoms with Gasteiger partial charge >= 0.3 is 5.97 Å². The summed E-state index contributed by atoms with van der Waals surface area (Å²) in [5.41, 5.74) is 4.86. The molecule has 11 heteroatoms. The number of carboxylic acids is 1. The summed E-state index contributed by atoms with van der Waals surface area (Å²) in [5, 5.41) is 18.4. The first-order chi connectivity index (χ1) is 22.7. The lowest BCUT2D eigenvalue weighted by Gasteiger charge is -2.25. The Morgan fingerprint density at radius 2 is 1.74 bits per heavy atom. The van der Waals surface area contributed by atoms with Crippen molar-refractivity contribution in [2.24, 2.45) is 0 Å². The molecule has 2 aromatic carbocycles. The van der Waals surface area contributed by atoms with Gasteiger partial charge in [-0.3, -0.25) is 24.1 Å². The number of carboxylic acid groups (broad SMARTS) is 1. The van der Waals surface area contributed by atoms with Gasteiger partial charge in [-0.1, -0.05) is 49.7 Å². The Kier molecular flexibility index (Phi) is 11.0. The number of fused-ring (bicyclic) bond motifs is 3. The Balaban J connectivity index is 1.27. The van der Waals surface area contributed by atoms with Crippen molar-refractivity contribution in [1.29, 1.82) is 0 Å². The number of nitrogens with zero attached hydrogens (tertiary/aromatic N) is 3. The molecule has 2 aliphatic rings. The summed E-state index contributed by atoms with van der Waals surface area (Å²) in [6.07, 6.45) is 5.28. The SMILES string of the molecule is CCCCN(CCCC(=O)N(CC(=O)Nc1ccc2c(c1)CC1(C2)C(=O)Nc2ncccc21)Cc1ccccc1CNC)CC(=O)O. The molecule has 1 aliphatic carbocycles. The van der Waals surface area contributed by atoms with Gasteiger partial charge in [-0.25, -0.2) is 4.98 Å². The summed E-state index contributed by atoms with van der Waals surface area (Å²) in [6.45, 7) is 3.91. The van der Waals surface area contributed by atoms with Crippen LogP contribution in [0.4, 0.5) is 11.5 Å². The number of pyridine rings is 1. The first-order valence-corrected chi connectivity index (χ1v) is 16.3. The largest absolute Gasteiger partial charge is 0.480 e. The van der Waals surface area contributed by atoms with Crippen molar-refractivity contribution in [1.82, 2.24) is 20.1 Å². The van der Waals surface area contributed by atoms with E-state index in [1.807, 2.05) is 66.5 Å². The number of anilines is 2. The van der Waals surface area contributed by atoms with Crippen LogP contribution in [0.2, 0.25) is 0 Å². The van der Waals surface area contributed by atoms with Gasteiger partial charge in [0, 0.05) is 37.0 Å². The average Bonchev–Trinajstić information content (AvgIpc) is 3.56. The Hall–Kier alpha value is -4.61. The first kappa shape index (κ1) is 33.7. The summed E-state index contributed by atoms with van der Waals surface area (Å²) in [5.74, 6) is -0.823. The van der Waals surface area contributed by atoms with Gasteiger partial charge in [0.25, 0.3) is 0 Å². The molecular formula is C36H44N6O5. The Labute approximate surface area is 275 Å². The normalized spacial score (nSPS) is 16.2. The van der Waals surface area contributed by atoms with Crippen molar-refractivity contribution in [3.8, 4) is 0 Å². The van der Waals surface area contributed by atoms with E-state index in [-0.39, 0.29) is 43.8 Å². The van der Waals surface area contributed by atoms with Crippen LogP contribution in [-0.4, -0.2) is 76.8 Å². The van der Waals surface area contributed by atoms with E-state index in [9.17, 15) is 24.3 Å². The predicted octanol–water partition coefficient (Wildman–Crippen LogP) is 3.72. The molecule has 5 rings (SSSR count). The highest BCUT2D eigenvalue weighted by molar-refractivity contribution is 6.06. The van der Waals surface area contributed by atoms with E-state index in [1.54, 1.807) is 11.1 Å². The second kappa shape index (κ2) is 15.3. The van der Waals surface area contributed by atoms with Gasteiger partial charge in [-0.15, -0.1) is 0 Å². The standard InChI is InChI=1S/C36H44N6O5/c1-3-4-16-41(24-33(45)46)17-8-12-32(44)42(22-27-10-6-5-9-26(27)21-37-2)23-31(43)39-29-14-13-25-19-36(20-28(25)18-29)30-11-7-15-38-34(30)40-35(36)47/h5-7,9-11,13-15,18,37H,3-4,8,12,16-17,19-24H2,1-2H3,(H,39,43)(H,45,46)(H,38,40,47). The molecule has 1 aliphatic heterocycles. The summed E-state index contributed by atoms with van der Waals surface area (Å²) < 4.78 is 0. The number of amides is 3. The summed E-state index contributed by atoms with van der Waals surface area (Å²) >= 11 is 0. The van der Waals surface area contributed by atoms with Crippen LogP contribution in [0.3, 0.4) is 0 Å². The molecule has 4 N–H and O–H groups in total. The van der Waals surface area contributed by atoms with E-state index in [0.29, 0.717) is 50.4 Å². The van der Waals surface area contributed by atoms with Crippen LogP contribution in [-0.2, 0) is 50.5 Å².